The van der Waals surface area contributed by atoms with Crippen LogP contribution in [0.15, 0.2) is 24.3 Å². The number of carbonyl (C=O) groups excluding carboxylic acids is 3. The van der Waals surface area contributed by atoms with Crippen LogP contribution in [0.5, 0.6) is 5.75 Å². The lowest BCUT2D eigenvalue weighted by atomic mass is 9.94. The number of carbonyl (C=O) groups is 3. The Morgan fingerprint density at radius 1 is 0.667 bits per heavy atom. The molecule has 204 valence electrons. The summed E-state index contributed by atoms with van der Waals surface area (Å²) in [6.45, 7) is 5.92. The van der Waals surface area contributed by atoms with Gasteiger partial charge in [0.15, 0.2) is 17.5 Å². The van der Waals surface area contributed by atoms with Crippen molar-refractivity contribution < 1.29 is 23.9 Å². The van der Waals surface area contributed by atoms with Gasteiger partial charge in [0, 0.05) is 5.56 Å². The molecule has 5 nitrogen and oxygen atoms in total. The Labute approximate surface area is 219 Å². The van der Waals surface area contributed by atoms with Gasteiger partial charge in [0.1, 0.15) is 5.75 Å². The lowest BCUT2D eigenvalue weighted by Gasteiger charge is -2.12. The summed E-state index contributed by atoms with van der Waals surface area (Å²) >= 11 is 0. The zero-order valence-corrected chi connectivity index (χ0v) is 23.2. The van der Waals surface area contributed by atoms with E-state index in [1.807, 2.05) is 0 Å². The average Bonchev–Trinajstić information content (AvgIpc) is 2.86. The number of rotatable bonds is 23. The van der Waals surface area contributed by atoms with E-state index in [4.69, 9.17) is 9.47 Å². The maximum absolute atomic E-state index is 12.6. The predicted molar refractivity (Wildman–Crippen MR) is 147 cm³/mol. The molecule has 1 unspecified atom stereocenters. The number of hydrogen-bond donors (Lipinski definition) is 0. The van der Waals surface area contributed by atoms with Crippen LogP contribution in [-0.2, 0) is 14.3 Å². The quantitative estimate of drug-likeness (QED) is 0.0651. The Bertz CT molecular complexity index is 725. The first-order valence-electron chi connectivity index (χ1n) is 14.4. The smallest absolute Gasteiger partial charge is 0.324 e. The Balaban J connectivity index is 2.07. The van der Waals surface area contributed by atoms with Gasteiger partial charge >= 0.3 is 5.97 Å². The first-order valence-corrected chi connectivity index (χ1v) is 14.4. The monoisotopic (exact) mass is 502 g/mol. The fourth-order valence-corrected chi connectivity index (χ4v) is 4.41. The standard InChI is InChI=1S/C31H50O5/c1-4-6-7-8-9-10-11-12-13-14-15-16-17-18-19-20-25-36-28-23-21-27(22-24-28)30(33)29(26(3)32)31(34)35-5-2/h21-24,29H,4-20,25H2,1-3H3. The molecule has 36 heavy (non-hydrogen) atoms. The van der Waals surface area contributed by atoms with Gasteiger partial charge in [-0.25, -0.2) is 0 Å². The molecule has 0 aliphatic carbocycles. The molecule has 0 fully saturated rings. The van der Waals surface area contributed by atoms with Crippen molar-refractivity contribution >= 4 is 17.5 Å². The van der Waals surface area contributed by atoms with Crippen molar-refractivity contribution in [3.8, 4) is 5.75 Å². The molecule has 1 rings (SSSR count). The van der Waals surface area contributed by atoms with Crippen molar-refractivity contribution in [3.63, 3.8) is 0 Å². The fraction of sp³-hybridized carbons (Fsp3) is 0.710. The van der Waals surface area contributed by atoms with Crippen molar-refractivity contribution in [1.29, 1.82) is 0 Å². The van der Waals surface area contributed by atoms with E-state index in [1.54, 1.807) is 31.2 Å². The van der Waals surface area contributed by atoms with Crippen LogP contribution in [0.25, 0.3) is 0 Å². The first kappa shape index (κ1) is 31.9. The number of esters is 1. The Morgan fingerprint density at radius 3 is 1.53 bits per heavy atom. The third-order valence-electron chi connectivity index (χ3n) is 6.60. The van der Waals surface area contributed by atoms with Crippen LogP contribution in [0.1, 0.15) is 134 Å². The van der Waals surface area contributed by atoms with E-state index in [0.29, 0.717) is 17.9 Å². The number of ether oxygens (including phenoxy) is 2. The van der Waals surface area contributed by atoms with Crippen LogP contribution in [-0.4, -0.2) is 30.7 Å². The number of Topliss-reactive ketones (excluding diaryl/α,β-unsaturated/α-hetero) is 2. The zero-order valence-electron chi connectivity index (χ0n) is 23.2. The molecule has 0 amide bonds. The molecule has 0 radical (unpaired) electrons. The number of ketones is 2. The van der Waals surface area contributed by atoms with E-state index in [-0.39, 0.29) is 6.61 Å². The van der Waals surface area contributed by atoms with Gasteiger partial charge in [-0.2, -0.15) is 0 Å². The Hall–Kier alpha value is -2.17. The summed E-state index contributed by atoms with van der Waals surface area (Å²) < 4.78 is 10.7. The summed E-state index contributed by atoms with van der Waals surface area (Å²) in [7, 11) is 0. The normalized spacial score (nSPS) is 11.8. The lowest BCUT2D eigenvalue weighted by Crippen LogP contribution is -2.32. The Kier molecular flexibility index (Phi) is 18.6. The summed E-state index contributed by atoms with van der Waals surface area (Å²) in [6.07, 6.45) is 21.4. The summed E-state index contributed by atoms with van der Waals surface area (Å²) in [6, 6.07) is 6.62. The molecule has 0 N–H and O–H groups in total. The van der Waals surface area contributed by atoms with Crippen LogP contribution in [0, 0.1) is 5.92 Å². The minimum atomic E-state index is -1.40. The van der Waals surface area contributed by atoms with Crippen molar-refractivity contribution in [2.75, 3.05) is 13.2 Å². The highest BCUT2D eigenvalue weighted by molar-refractivity contribution is 6.22. The third-order valence-corrected chi connectivity index (χ3v) is 6.60. The van der Waals surface area contributed by atoms with E-state index < -0.39 is 23.5 Å². The largest absolute Gasteiger partial charge is 0.494 e. The average molecular weight is 503 g/mol. The molecule has 1 atom stereocenters. The van der Waals surface area contributed by atoms with E-state index in [0.717, 1.165) is 12.8 Å². The molecule has 0 saturated carbocycles. The summed E-state index contributed by atoms with van der Waals surface area (Å²) in [4.78, 5) is 36.3. The minimum absolute atomic E-state index is 0.127. The van der Waals surface area contributed by atoms with Crippen molar-refractivity contribution in [2.45, 2.75) is 124 Å². The van der Waals surface area contributed by atoms with Crippen molar-refractivity contribution in [2.24, 2.45) is 5.92 Å². The van der Waals surface area contributed by atoms with Crippen LogP contribution in [0.3, 0.4) is 0 Å². The Morgan fingerprint density at radius 2 is 1.11 bits per heavy atom. The first-order chi connectivity index (χ1) is 17.5. The number of unbranched alkanes of at least 4 members (excludes halogenated alkanes) is 15. The highest BCUT2D eigenvalue weighted by atomic mass is 16.5. The van der Waals surface area contributed by atoms with Crippen molar-refractivity contribution in [3.05, 3.63) is 29.8 Å². The molecule has 0 spiro atoms. The predicted octanol–water partition coefficient (Wildman–Crippen LogP) is 8.28. The molecular formula is C31H50O5. The second-order valence-corrected chi connectivity index (χ2v) is 9.84. The molecule has 0 saturated heterocycles. The SMILES string of the molecule is CCCCCCCCCCCCCCCCCCOc1ccc(C(=O)C(C(C)=O)C(=O)OCC)cc1. The van der Waals surface area contributed by atoms with Gasteiger partial charge < -0.3 is 9.47 Å². The maximum Gasteiger partial charge on any atom is 0.324 e. The molecule has 0 aliphatic rings. The number of benzene rings is 1. The highest BCUT2D eigenvalue weighted by Gasteiger charge is 2.33. The topological polar surface area (TPSA) is 69.7 Å². The minimum Gasteiger partial charge on any atom is -0.494 e. The second-order valence-electron chi connectivity index (χ2n) is 9.84. The van der Waals surface area contributed by atoms with Crippen LogP contribution in [0.4, 0.5) is 0 Å². The second kappa shape index (κ2) is 21.0. The highest BCUT2D eigenvalue weighted by Crippen LogP contribution is 2.18. The van der Waals surface area contributed by atoms with Gasteiger partial charge in [0.25, 0.3) is 0 Å². The van der Waals surface area contributed by atoms with Crippen LogP contribution in [0.2, 0.25) is 0 Å². The van der Waals surface area contributed by atoms with Gasteiger partial charge in [-0.05, 0) is 44.5 Å². The summed E-state index contributed by atoms with van der Waals surface area (Å²) in [5.41, 5.74) is 0.304. The van der Waals surface area contributed by atoms with Gasteiger partial charge in [-0.1, -0.05) is 103 Å². The van der Waals surface area contributed by atoms with Crippen LogP contribution < -0.4 is 4.74 Å². The zero-order chi connectivity index (χ0) is 26.4. The number of hydrogen-bond acceptors (Lipinski definition) is 5. The van der Waals surface area contributed by atoms with Crippen LogP contribution >= 0.6 is 0 Å². The van der Waals surface area contributed by atoms with Gasteiger partial charge in [-0.15, -0.1) is 0 Å². The van der Waals surface area contributed by atoms with E-state index >= 15 is 0 Å². The summed E-state index contributed by atoms with van der Waals surface area (Å²) in [5, 5.41) is 0. The van der Waals surface area contributed by atoms with E-state index in [9.17, 15) is 14.4 Å². The van der Waals surface area contributed by atoms with E-state index in [2.05, 4.69) is 6.92 Å². The molecule has 1 aromatic carbocycles. The van der Waals surface area contributed by atoms with E-state index in [1.165, 1.54) is 96.8 Å². The molecule has 1 aromatic rings. The molecule has 5 heteroatoms. The van der Waals surface area contributed by atoms with Gasteiger partial charge in [0.05, 0.1) is 13.2 Å². The third kappa shape index (κ3) is 14.4. The van der Waals surface area contributed by atoms with Gasteiger partial charge in [-0.3, -0.25) is 14.4 Å². The fourth-order valence-electron chi connectivity index (χ4n) is 4.41. The lowest BCUT2D eigenvalue weighted by molar-refractivity contribution is -0.148. The van der Waals surface area contributed by atoms with Crippen molar-refractivity contribution in [1.82, 2.24) is 0 Å². The summed E-state index contributed by atoms with van der Waals surface area (Å²) in [5.74, 6) is -2.56. The molecule has 0 aromatic heterocycles. The van der Waals surface area contributed by atoms with Gasteiger partial charge in [0.2, 0.25) is 0 Å². The molecular weight excluding hydrogens is 452 g/mol. The molecule has 0 heterocycles. The molecule has 0 aliphatic heterocycles. The molecule has 0 bridgehead atoms. The maximum atomic E-state index is 12.6.